The lowest BCUT2D eigenvalue weighted by Crippen LogP contribution is -2.38. The molecule has 0 fully saturated rings. The van der Waals surface area contributed by atoms with Gasteiger partial charge in [0.25, 0.3) is 23.6 Å². The second-order valence-electron chi connectivity index (χ2n) is 5.09. The van der Waals surface area contributed by atoms with E-state index in [0.29, 0.717) is 11.1 Å². The number of rotatable bonds is 0. The molecule has 4 rings (SSSR count). The summed E-state index contributed by atoms with van der Waals surface area (Å²) in [6.07, 6.45) is 0. The first-order chi connectivity index (χ1) is 10.5. The van der Waals surface area contributed by atoms with Crippen LogP contribution in [0.15, 0.2) is 36.4 Å². The third kappa shape index (κ3) is 1.61. The molecule has 2 aliphatic heterocycles. The van der Waals surface area contributed by atoms with Gasteiger partial charge in [-0.1, -0.05) is 12.1 Å². The zero-order valence-corrected chi connectivity index (χ0v) is 11.1. The average Bonchev–Trinajstić information content (AvgIpc) is 2.55. The predicted molar refractivity (Wildman–Crippen MR) is 75.5 cm³/mol. The van der Waals surface area contributed by atoms with E-state index in [2.05, 4.69) is 10.6 Å². The number of fused-ring (bicyclic) bond motifs is 5. The Hall–Kier alpha value is -3.28. The fraction of sp³-hybridized carbons (Fsp3) is 0. The first kappa shape index (κ1) is 12.5. The molecule has 106 valence electrons. The van der Waals surface area contributed by atoms with Crippen molar-refractivity contribution in [1.82, 2.24) is 10.6 Å². The third-order valence-corrected chi connectivity index (χ3v) is 3.81. The maximum Gasteiger partial charge on any atom is 0.258 e. The minimum Gasteiger partial charge on any atom is -0.288 e. The molecule has 6 heteroatoms. The van der Waals surface area contributed by atoms with Crippen molar-refractivity contribution in [2.45, 2.75) is 0 Å². The molecule has 2 heterocycles. The lowest BCUT2D eigenvalue weighted by atomic mass is 9.97. The Morgan fingerprint density at radius 3 is 1.27 bits per heavy atom. The number of hydrogen-bond acceptors (Lipinski definition) is 4. The molecule has 0 unspecified atom stereocenters. The van der Waals surface area contributed by atoms with Crippen molar-refractivity contribution in [3.8, 4) is 11.1 Å². The van der Waals surface area contributed by atoms with Gasteiger partial charge in [0, 0.05) is 0 Å². The highest BCUT2D eigenvalue weighted by atomic mass is 16.2. The molecular weight excluding hydrogens is 284 g/mol. The highest BCUT2D eigenvalue weighted by molar-refractivity contribution is 6.23. The number of hydrogen-bond donors (Lipinski definition) is 2. The van der Waals surface area contributed by atoms with E-state index in [1.807, 2.05) is 0 Å². The van der Waals surface area contributed by atoms with Crippen LogP contribution in [-0.2, 0) is 0 Å². The second-order valence-corrected chi connectivity index (χ2v) is 5.09. The van der Waals surface area contributed by atoms with Gasteiger partial charge in [0.15, 0.2) is 0 Å². The van der Waals surface area contributed by atoms with Gasteiger partial charge in [-0.3, -0.25) is 29.8 Å². The quantitative estimate of drug-likeness (QED) is 0.712. The second kappa shape index (κ2) is 4.11. The molecular formula is C16H8N2O4. The largest absolute Gasteiger partial charge is 0.288 e. The van der Waals surface area contributed by atoms with Crippen LogP contribution in [0.4, 0.5) is 0 Å². The van der Waals surface area contributed by atoms with Crippen LogP contribution in [0.5, 0.6) is 0 Å². The fourth-order valence-corrected chi connectivity index (χ4v) is 2.69. The van der Waals surface area contributed by atoms with Crippen LogP contribution in [0.1, 0.15) is 41.4 Å². The summed E-state index contributed by atoms with van der Waals surface area (Å²) >= 11 is 0. The first-order valence-electron chi connectivity index (χ1n) is 6.54. The summed E-state index contributed by atoms with van der Waals surface area (Å²) in [5, 5.41) is 4.43. The lowest BCUT2D eigenvalue weighted by Gasteiger charge is -2.13. The maximum atomic E-state index is 12.3. The first-order valence-corrected chi connectivity index (χ1v) is 6.54. The fourth-order valence-electron chi connectivity index (χ4n) is 2.69. The summed E-state index contributed by atoms with van der Waals surface area (Å²) in [4.78, 5) is 48.9. The number of carbonyl (C=O) groups excluding carboxylic acids is 4. The van der Waals surface area contributed by atoms with Crippen LogP contribution in [0.25, 0.3) is 11.1 Å². The predicted octanol–water partition coefficient (Wildman–Crippen LogP) is 1.12. The molecule has 4 bridgehead atoms. The topological polar surface area (TPSA) is 92.3 Å². The zero-order valence-electron chi connectivity index (χ0n) is 11.1. The summed E-state index contributed by atoms with van der Waals surface area (Å²) in [6.45, 7) is 0. The highest BCUT2D eigenvalue weighted by Crippen LogP contribution is 2.28. The van der Waals surface area contributed by atoms with Gasteiger partial charge in [0.05, 0.1) is 22.3 Å². The van der Waals surface area contributed by atoms with Gasteiger partial charge < -0.3 is 0 Å². The summed E-state index contributed by atoms with van der Waals surface area (Å²) < 4.78 is 0. The smallest absolute Gasteiger partial charge is 0.258 e. The molecule has 0 saturated heterocycles. The van der Waals surface area contributed by atoms with Crippen molar-refractivity contribution in [3.05, 3.63) is 58.7 Å². The molecule has 0 radical (unpaired) electrons. The standard InChI is InChI=1S/C16H8N2O4/c19-13-9-3-1-7-5-11(9)15(21)18-16(22)12-6-8(7)2-4-10(12)14(20)17-13/h1-6H,(H,17,19,20)(H,18,21,22). The van der Waals surface area contributed by atoms with Crippen molar-refractivity contribution in [1.29, 1.82) is 0 Å². The molecule has 22 heavy (non-hydrogen) atoms. The van der Waals surface area contributed by atoms with E-state index in [0.717, 1.165) is 0 Å². The summed E-state index contributed by atoms with van der Waals surface area (Å²) in [7, 11) is 0. The van der Waals surface area contributed by atoms with E-state index in [9.17, 15) is 19.2 Å². The molecule has 0 aromatic heterocycles. The van der Waals surface area contributed by atoms with Crippen molar-refractivity contribution in [2.75, 3.05) is 0 Å². The molecule has 0 atom stereocenters. The van der Waals surface area contributed by atoms with E-state index in [4.69, 9.17) is 0 Å². The van der Waals surface area contributed by atoms with Gasteiger partial charge in [0.1, 0.15) is 0 Å². The Labute approximate surface area is 124 Å². The van der Waals surface area contributed by atoms with E-state index in [1.54, 1.807) is 12.1 Å². The van der Waals surface area contributed by atoms with Crippen LogP contribution in [-0.4, -0.2) is 23.6 Å². The van der Waals surface area contributed by atoms with Gasteiger partial charge in [-0.15, -0.1) is 0 Å². The van der Waals surface area contributed by atoms with Gasteiger partial charge in [-0.25, -0.2) is 0 Å². The summed E-state index contributed by atoms with van der Waals surface area (Å²) in [5.74, 6) is -2.68. The monoisotopic (exact) mass is 292 g/mol. The van der Waals surface area contributed by atoms with Gasteiger partial charge >= 0.3 is 0 Å². The Bertz CT molecular complexity index is 841. The minimum atomic E-state index is -0.674. The Kier molecular flexibility index (Phi) is 2.33. The van der Waals surface area contributed by atoms with Crippen LogP contribution in [0.3, 0.4) is 0 Å². The summed E-state index contributed by atoms with van der Waals surface area (Å²) in [6, 6.07) is 9.38. The number of carbonyl (C=O) groups is 4. The number of benzene rings is 2. The van der Waals surface area contributed by atoms with Crippen molar-refractivity contribution < 1.29 is 19.2 Å². The third-order valence-electron chi connectivity index (χ3n) is 3.81. The van der Waals surface area contributed by atoms with Gasteiger partial charge in [-0.05, 0) is 35.4 Å². The van der Waals surface area contributed by atoms with E-state index < -0.39 is 23.6 Å². The molecule has 2 aliphatic rings. The van der Waals surface area contributed by atoms with Crippen molar-refractivity contribution >= 4 is 23.6 Å². The number of amides is 4. The van der Waals surface area contributed by atoms with Crippen LogP contribution in [0.2, 0.25) is 0 Å². The van der Waals surface area contributed by atoms with Crippen LogP contribution >= 0.6 is 0 Å². The number of imide groups is 2. The normalized spacial score (nSPS) is 15.5. The van der Waals surface area contributed by atoms with Crippen LogP contribution in [0, 0.1) is 0 Å². The SMILES string of the molecule is O=C1NC(=O)c2ccc3cc2C(=O)NC(=O)c2cc-3ccc21. The number of nitrogens with one attached hydrogen (secondary N) is 2. The van der Waals surface area contributed by atoms with Gasteiger partial charge in [-0.2, -0.15) is 0 Å². The molecule has 4 amide bonds. The van der Waals surface area contributed by atoms with Crippen molar-refractivity contribution in [2.24, 2.45) is 0 Å². The van der Waals surface area contributed by atoms with E-state index >= 15 is 0 Å². The molecule has 2 N–H and O–H groups in total. The van der Waals surface area contributed by atoms with Crippen molar-refractivity contribution in [3.63, 3.8) is 0 Å². The zero-order chi connectivity index (χ0) is 15.4. The molecule has 0 spiro atoms. The average molecular weight is 292 g/mol. The molecule has 2 aromatic rings. The van der Waals surface area contributed by atoms with E-state index in [-0.39, 0.29) is 22.3 Å². The Morgan fingerprint density at radius 1 is 0.500 bits per heavy atom. The molecule has 0 saturated carbocycles. The Morgan fingerprint density at radius 2 is 0.864 bits per heavy atom. The lowest BCUT2D eigenvalue weighted by molar-refractivity contribution is 0.0802. The maximum absolute atomic E-state index is 12.3. The molecule has 2 aromatic carbocycles. The van der Waals surface area contributed by atoms with Crippen LogP contribution < -0.4 is 10.6 Å². The highest BCUT2D eigenvalue weighted by Gasteiger charge is 2.28. The molecule has 0 aliphatic carbocycles. The van der Waals surface area contributed by atoms with Gasteiger partial charge in [0.2, 0.25) is 0 Å². The summed E-state index contributed by atoms with van der Waals surface area (Å²) in [5.41, 5.74) is 1.60. The Balaban J connectivity index is 2.19. The van der Waals surface area contributed by atoms with E-state index in [1.165, 1.54) is 24.3 Å². The minimum absolute atomic E-state index is 0.0494. The molecule has 6 nitrogen and oxygen atoms in total.